The van der Waals surface area contributed by atoms with E-state index in [0.717, 1.165) is 56.9 Å². The summed E-state index contributed by atoms with van der Waals surface area (Å²) in [7, 11) is 1.70. The van der Waals surface area contributed by atoms with Gasteiger partial charge in [0.05, 0.1) is 7.11 Å². The molecule has 2 heterocycles. The van der Waals surface area contributed by atoms with E-state index in [1.807, 2.05) is 17.0 Å². The summed E-state index contributed by atoms with van der Waals surface area (Å²) in [4.78, 5) is 17.1. The van der Waals surface area contributed by atoms with Gasteiger partial charge in [-0.1, -0.05) is 29.8 Å². The average Bonchev–Trinajstić information content (AvgIpc) is 3.13. The average molecular weight is 380 g/mol. The third-order valence-electron chi connectivity index (χ3n) is 5.83. The maximum Gasteiger partial charge on any atom is 0.322 e. The molecule has 2 amide bonds. The van der Waals surface area contributed by atoms with Crippen LogP contribution in [-0.2, 0) is 13.0 Å². The number of carbonyl (C=O) groups excluding carboxylic acids is 1. The Balaban J connectivity index is 1.28. The molecule has 4 rings (SSSR count). The molecule has 0 spiro atoms. The van der Waals surface area contributed by atoms with Gasteiger partial charge in [-0.25, -0.2) is 4.79 Å². The van der Waals surface area contributed by atoms with E-state index in [1.54, 1.807) is 7.11 Å². The highest BCUT2D eigenvalue weighted by molar-refractivity contribution is 5.94. The molecule has 2 aliphatic rings. The van der Waals surface area contributed by atoms with Crippen LogP contribution in [0.5, 0.6) is 5.75 Å². The van der Waals surface area contributed by atoms with Gasteiger partial charge in [0.1, 0.15) is 5.75 Å². The summed E-state index contributed by atoms with van der Waals surface area (Å²) in [5, 5.41) is 3.26. The number of benzene rings is 2. The normalized spacial score (nSPS) is 17.4. The van der Waals surface area contributed by atoms with E-state index in [9.17, 15) is 4.79 Å². The van der Waals surface area contributed by atoms with Gasteiger partial charge in [0.25, 0.3) is 0 Å². The number of anilines is 1. The number of likely N-dealkylation sites (tertiary alicyclic amines) is 1. The molecule has 5 heteroatoms. The van der Waals surface area contributed by atoms with Crippen molar-refractivity contribution in [3.05, 3.63) is 59.2 Å². The zero-order valence-corrected chi connectivity index (χ0v) is 16.8. The number of nitrogens with zero attached hydrogens (tertiary/aromatic N) is 2. The van der Waals surface area contributed by atoms with Crippen molar-refractivity contribution in [2.24, 2.45) is 0 Å². The van der Waals surface area contributed by atoms with Crippen molar-refractivity contribution in [1.82, 2.24) is 10.2 Å². The lowest BCUT2D eigenvalue weighted by atomic mass is 10.0. The molecular weight excluding hydrogens is 350 g/mol. The second-order valence-corrected chi connectivity index (χ2v) is 7.89. The fraction of sp³-hybridized carbons (Fsp3) is 0.435. The van der Waals surface area contributed by atoms with Crippen LogP contribution < -0.4 is 15.0 Å². The molecule has 0 bridgehead atoms. The number of rotatable bonds is 4. The molecular formula is C23H29N3O2. The molecule has 0 aliphatic carbocycles. The Bertz CT molecular complexity index is 843. The van der Waals surface area contributed by atoms with Gasteiger partial charge in [0, 0.05) is 37.9 Å². The third-order valence-corrected chi connectivity index (χ3v) is 5.83. The molecule has 148 valence electrons. The molecule has 0 unspecified atom stereocenters. The lowest BCUT2D eigenvalue weighted by molar-refractivity contribution is 0.188. The van der Waals surface area contributed by atoms with E-state index in [1.165, 1.54) is 16.7 Å². The quantitative estimate of drug-likeness (QED) is 0.880. The predicted octanol–water partition coefficient (Wildman–Crippen LogP) is 3.74. The number of aryl methyl sites for hydroxylation is 1. The second-order valence-electron chi connectivity index (χ2n) is 7.89. The minimum absolute atomic E-state index is 0.0499. The van der Waals surface area contributed by atoms with Crippen LogP contribution in [0.25, 0.3) is 0 Å². The first-order valence-corrected chi connectivity index (χ1v) is 10.2. The molecule has 28 heavy (non-hydrogen) atoms. The van der Waals surface area contributed by atoms with E-state index in [-0.39, 0.29) is 12.1 Å². The zero-order valence-electron chi connectivity index (χ0n) is 16.8. The summed E-state index contributed by atoms with van der Waals surface area (Å²) in [6.45, 7) is 5.80. The number of piperidine rings is 1. The first kappa shape index (κ1) is 18.8. The highest BCUT2D eigenvalue weighted by Gasteiger charge is 2.27. The fourth-order valence-corrected chi connectivity index (χ4v) is 4.26. The summed E-state index contributed by atoms with van der Waals surface area (Å²) < 4.78 is 5.31. The van der Waals surface area contributed by atoms with Gasteiger partial charge in [0.2, 0.25) is 0 Å². The molecule has 2 aromatic carbocycles. The van der Waals surface area contributed by atoms with Crippen molar-refractivity contribution < 1.29 is 9.53 Å². The molecule has 2 aromatic rings. The van der Waals surface area contributed by atoms with E-state index in [0.29, 0.717) is 0 Å². The Labute approximate surface area is 167 Å². The Morgan fingerprint density at radius 3 is 2.75 bits per heavy atom. The summed E-state index contributed by atoms with van der Waals surface area (Å²) in [6.07, 6.45) is 2.93. The number of hydrogen-bond donors (Lipinski definition) is 1. The molecule has 1 saturated heterocycles. The van der Waals surface area contributed by atoms with Crippen molar-refractivity contribution in [2.75, 3.05) is 31.6 Å². The number of amides is 2. The van der Waals surface area contributed by atoms with Gasteiger partial charge in [-0.2, -0.15) is 0 Å². The van der Waals surface area contributed by atoms with E-state index in [2.05, 4.69) is 47.5 Å². The molecule has 5 nitrogen and oxygen atoms in total. The maximum absolute atomic E-state index is 12.8. The van der Waals surface area contributed by atoms with Gasteiger partial charge < -0.3 is 10.1 Å². The molecule has 0 radical (unpaired) electrons. The Morgan fingerprint density at radius 1 is 1.14 bits per heavy atom. The highest BCUT2D eigenvalue weighted by atomic mass is 16.5. The molecule has 0 aromatic heterocycles. The first-order chi connectivity index (χ1) is 13.6. The van der Waals surface area contributed by atoms with Gasteiger partial charge in [-0.3, -0.25) is 9.80 Å². The monoisotopic (exact) mass is 379 g/mol. The van der Waals surface area contributed by atoms with Crippen LogP contribution in [0.15, 0.2) is 42.5 Å². The number of ether oxygens (including phenoxy) is 1. The maximum atomic E-state index is 12.8. The topological polar surface area (TPSA) is 44.8 Å². The number of carbonyl (C=O) groups is 1. The van der Waals surface area contributed by atoms with E-state index in [4.69, 9.17) is 4.74 Å². The number of fused-ring (bicyclic) bond motifs is 1. The van der Waals surface area contributed by atoms with Crippen molar-refractivity contribution in [1.29, 1.82) is 0 Å². The smallest absolute Gasteiger partial charge is 0.322 e. The van der Waals surface area contributed by atoms with Crippen LogP contribution in [0.4, 0.5) is 10.5 Å². The number of nitrogens with one attached hydrogen (secondary N) is 1. The first-order valence-electron chi connectivity index (χ1n) is 10.2. The molecule has 1 N–H and O–H groups in total. The van der Waals surface area contributed by atoms with Gasteiger partial charge in [-0.05, 0) is 55.5 Å². The minimum atomic E-state index is 0.0499. The number of methoxy groups -OCH3 is 1. The van der Waals surface area contributed by atoms with Gasteiger partial charge in [-0.15, -0.1) is 0 Å². The van der Waals surface area contributed by atoms with E-state index >= 15 is 0 Å². The van der Waals surface area contributed by atoms with Gasteiger partial charge >= 0.3 is 6.03 Å². The van der Waals surface area contributed by atoms with Crippen molar-refractivity contribution in [3.8, 4) is 5.75 Å². The van der Waals surface area contributed by atoms with Crippen LogP contribution in [0.3, 0.4) is 0 Å². The van der Waals surface area contributed by atoms with Gasteiger partial charge in [0.15, 0.2) is 0 Å². The standard InChI is InChI=1S/C23H29N3O2/c1-17-6-7-22-19(14-17)8-13-26(22)23(27)24-20-9-11-25(12-10-20)16-18-4-3-5-21(15-18)28-2/h3-7,14-15,20H,8-13,16H2,1-2H3,(H,24,27). The largest absolute Gasteiger partial charge is 0.497 e. The molecule has 0 saturated carbocycles. The van der Waals surface area contributed by atoms with Crippen LogP contribution in [-0.4, -0.2) is 43.7 Å². The van der Waals surface area contributed by atoms with Crippen LogP contribution in [0, 0.1) is 6.92 Å². The van der Waals surface area contributed by atoms with Crippen LogP contribution >= 0.6 is 0 Å². The summed E-state index contributed by atoms with van der Waals surface area (Å²) in [6, 6.07) is 14.9. The second kappa shape index (κ2) is 8.23. The Morgan fingerprint density at radius 2 is 1.96 bits per heavy atom. The molecule has 0 atom stereocenters. The van der Waals surface area contributed by atoms with Crippen molar-refractivity contribution >= 4 is 11.7 Å². The summed E-state index contributed by atoms with van der Waals surface area (Å²) >= 11 is 0. The lowest BCUT2D eigenvalue weighted by Crippen LogP contribution is -2.48. The molecule has 1 fully saturated rings. The zero-order chi connectivity index (χ0) is 19.5. The van der Waals surface area contributed by atoms with Crippen LogP contribution in [0.1, 0.15) is 29.5 Å². The predicted molar refractivity (Wildman–Crippen MR) is 112 cm³/mol. The SMILES string of the molecule is COc1cccc(CN2CCC(NC(=O)N3CCc4cc(C)ccc43)CC2)c1. The Hall–Kier alpha value is -2.53. The van der Waals surface area contributed by atoms with E-state index < -0.39 is 0 Å². The molecule has 2 aliphatic heterocycles. The lowest BCUT2D eigenvalue weighted by Gasteiger charge is -2.33. The highest BCUT2D eigenvalue weighted by Crippen LogP contribution is 2.29. The summed E-state index contributed by atoms with van der Waals surface area (Å²) in [5.74, 6) is 0.903. The number of hydrogen-bond acceptors (Lipinski definition) is 3. The summed E-state index contributed by atoms with van der Waals surface area (Å²) in [5.41, 5.74) is 4.87. The number of urea groups is 1. The minimum Gasteiger partial charge on any atom is -0.497 e. The Kier molecular flexibility index (Phi) is 5.53. The third kappa shape index (κ3) is 4.14. The van der Waals surface area contributed by atoms with Crippen molar-refractivity contribution in [3.63, 3.8) is 0 Å². The van der Waals surface area contributed by atoms with Crippen molar-refractivity contribution in [2.45, 2.75) is 38.8 Å². The fourth-order valence-electron chi connectivity index (χ4n) is 4.26. The van der Waals surface area contributed by atoms with Crippen LogP contribution in [0.2, 0.25) is 0 Å².